The van der Waals surface area contributed by atoms with Gasteiger partial charge in [-0.1, -0.05) is 20.4 Å². The van der Waals surface area contributed by atoms with Gasteiger partial charge in [-0.3, -0.25) is 8.98 Å². The zero-order valence-corrected chi connectivity index (χ0v) is 25.4. The van der Waals surface area contributed by atoms with Gasteiger partial charge in [0.1, 0.15) is 12.2 Å². The molecule has 0 aromatic carbocycles. The second-order valence-electron chi connectivity index (χ2n) is 9.00. The maximum absolute atomic E-state index is 12.4. The Morgan fingerprint density at radius 2 is 1.62 bits per heavy atom. The summed E-state index contributed by atoms with van der Waals surface area (Å²) in [4.78, 5) is 24.4. The van der Waals surface area contributed by atoms with Crippen LogP contribution in [-0.4, -0.2) is 77.6 Å². The Morgan fingerprint density at radius 1 is 1.02 bits per heavy atom. The van der Waals surface area contributed by atoms with Gasteiger partial charge >= 0.3 is 5.97 Å². The Kier molecular flexibility index (Phi) is 15.5. The smallest absolute Gasteiger partial charge is 0.343 e. The Balaban J connectivity index is 2.53. The second kappa shape index (κ2) is 17.7. The largest absolute Gasteiger partial charge is 0.493 e. The average molecular weight is 586 g/mol. The molecule has 1 aromatic heterocycles. The van der Waals surface area contributed by atoms with Crippen molar-refractivity contribution in [2.75, 3.05) is 53.4 Å². The van der Waals surface area contributed by atoms with Gasteiger partial charge in [0.25, 0.3) is 10.1 Å². The van der Waals surface area contributed by atoms with Crippen molar-refractivity contribution in [1.82, 2.24) is 4.57 Å². The molecule has 226 valence electrons. The third kappa shape index (κ3) is 11.3. The molecule has 0 amide bonds. The fourth-order valence-electron chi connectivity index (χ4n) is 3.25. The summed E-state index contributed by atoms with van der Waals surface area (Å²) in [7, 11) is -0.423. The van der Waals surface area contributed by atoms with E-state index in [4.69, 9.17) is 27.9 Å². The van der Waals surface area contributed by atoms with Crippen molar-refractivity contribution in [3.8, 4) is 0 Å². The lowest BCUT2D eigenvalue weighted by atomic mass is 10.1. The zero-order chi connectivity index (χ0) is 30.3. The third-order valence-electron chi connectivity index (χ3n) is 5.82. The number of nitrogens with zero attached hydrogens (tertiary/aromatic N) is 1. The molecule has 1 heterocycles. The van der Waals surface area contributed by atoms with E-state index in [2.05, 4.69) is 6.58 Å². The van der Waals surface area contributed by atoms with E-state index in [-0.39, 0.29) is 51.1 Å². The molecule has 0 aliphatic carbocycles. The quantitative estimate of drug-likeness (QED) is 0.0783. The topological polar surface area (TPSA) is 129 Å². The first-order valence-electron chi connectivity index (χ1n) is 13.0. The van der Waals surface area contributed by atoms with Gasteiger partial charge in [-0.25, -0.2) is 4.79 Å². The number of esters is 1. The maximum atomic E-state index is 12.4. The first kappa shape index (κ1) is 35.1. The van der Waals surface area contributed by atoms with Crippen LogP contribution in [0.25, 0.3) is 5.57 Å². The molecule has 0 saturated heterocycles. The highest BCUT2D eigenvalue weighted by atomic mass is 32.2. The molecule has 1 atom stereocenters. The van der Waals surface area contributed by atoms with E-state index in [1.165, 1.54) is 19.4 Å². The van der Waals surface area contributed by atoms with E-state index in [9.17, 15) is 18.0 Å². The number of rotatable bonds is 19. The van der Waals surface area contributed by atoms with Gasteiger partial charge in [0.2, 0.25) is 0 Å². The van der Waals surface area contributed by atoms with Crippen LogP contribution in [0.15, 0.2) is 47.3 Å². The molecule has 0 N–H and O–H groups in total. The van der Waals surface area contributed by atoms with Gasteiger partial charge in [-0.2, -0.15) is 8.42 Å². The molecule has 0 unspecified atom stereocenters. The van der Waals surface area contributed by atoms with E-state index in [1.807, 2.05) is 13.8 Å². The first-order chi connectivity index (χ1) is 18.9. The molecule has 0 fully saturated rings. The van der Waals surface area contributed by atoms with Crippen LogP contribution in [0.5, 0.6) is 0 Å². The summed E-state index contributed by atoms with van der Waals surface area (Å²) in [5.74, 6) is 0.124. The van der Waals surface area contributed by atoms with Crippen molar-refractivity contribution in [3.63, 3.8) is 0 Å². The summed E-state index contributed by atoms with van der Waals surface area (Å²) in [6, 6.07) is 1.32. The molecule has 11 nitrogen and oxygen atoms in total. The summed E-state index contributed by atoms with van der Waals surface area (Å²) in [6.07, 6.45) is 4.77. The van der Waals surface area contributed by atoms with E-state index in [1.54, 1.807) is 44.5 Å². The lowest BCUT2D eigenvalue weighted by Gasteiger charge is -2.16. The fraction of sp³-hybridized carbons (Fsp3) is 0.571. The second-order valence-corrected chi connectivity index (χ2v) is 11.0. The number of carbonyl (C=O) groups excluding carboxylic acids is 1. The highest BCUT2D eigenvalue weighted by Gasteiger charge is 2.24. The molecule has 0 saturated carbocycles. The van der Waals surface area contributed by atoms with E-state index in [0.717, 1.165) is 0 Å². The Hall–Kier alpha value is -2.93. The van der Waals surface area contributed by atoms with Crippen LogP contribution in [0.4, 0.5) is 0 Å². The molecule has 1 rings (SSSR count). The van der Waals surface area contributed by atoms with Crippen molar-refractivity contribution in [3.05, 3.63) is 64.0 Å². The Bertz CT molecular complexity index is 1200. The molecule has 0 radical (unpaired) electrons. The minimum atomic E-state index is -3.60. The predicted molar refractivity (Wildman–Crippen MR) is 152 cm³/mol. The van der Waals surface area contributed by atoms with Crippen molar-refractivity contribution >= 4 is 21.7 Å². The molecule has 1 aromatic rings. The number of pyridine rings is 1. The fourth-order valence-corrected chi connectivity index (χ4v) is 4.44. The van der Waals surface area contributed by atoms with Crippen molar-refractivity contribution in [1.29, 1.82) is 0 Å². The van der Waals surface area contributed by atoms with E-state index < -0.39 is 26.8 Å². The minimum absolute atomic E-state index is 0.0365. The average Bonchev–Trinajstić information content (AvgIpc) is 2.91. The van der Waals surface area contributed by atoms with E-state index >= 15 is 0 Å². The number of ether oxygens (including phenoxy) is 5. The summed E-state index contributed by atoms with van der Waals surface area (Å²) in [5.41, 5.74) is 0.432. The van der Waals surface area contributed by atoms with Crippen LogP contribution in [0, 0.1) is 5.92 Å². The number of allylic oxidation sites excluding steroid dienone is 3. The van der Waals surface area contributed by atoms with Crippen molar-refractivity contribution in [2.45, 2.75) is 39.9 Å². The van der Waals surface area contributed by atoms with Gasteiger partial charge in [0, 0.05) is 19.3 Å². The molecular formula is C28H43NO10S. The number of hydrogen-bond acceptors (Lipinski definition) is 10. The van der Waals surface area contributed by atoms with Crippen LogP contribution in [0.2, 0.25) is 0 Å². The molecule has 12 heteroatoms. The number of methoxy groups -OCH3 is 1. The molecule has 40 heavy (non-hydrogen) atoms. The SMILES string of the molecule is C=C(/C=C(OC)\C(=C/C)OCCOCCOCCOS(=O)(=O)[C@@H](C)C(C)C)c1cc(=O)c(C(=O)OCC)cn1C. The third-order valence-corrected chi connectivity index (χ3v) is 7.77. The number of carbonyl (C=O) groups is 1. The summed E-state index contributed by atoms with van der Waals surface area (Å²) >= 11 is 0. The van der Waals surface area contributed by atoms with Crippen LogP contribution >= 0.6 is 0 Å². The lowest BCUT2D eigenvalue weighted by Crippen LogP contribution is -2.26. The van der Waals surface area contributed by atoms with Crippen LogP contribution in [-0.2, 0) is 45.0 Å². The molecule has 0 aliphatic rings. The molecule has 0 bridgehead atoms. The van der Waals surface area contributed by atoms with Gasteiger partial charge in [-0.15, -0.1) is 0 Å². The Morgan fingerprint density at radius 3 is 2.17 bits per heavy atom. The standard InChI is InChI=1S/C28H43NO10S/c1-9-26(38-15-13-35-11-12-36-14-16-39-40(32,33)22(6)20(3)4)27(34-8)17-21(5)24-18-25(30)23(19-29(24)7)28(31)37-10-2/h9,17-20,22H,5,10-16H2,1-4,6-8H3/b26-9+,27-17+/t22-/m0/s1. The number of aryl methyl sites for hydroxylation is 1. The van der Waals surface area contributed by atoms with Crippen molar-refractivity contribution < 1.29 is 41.1 Å². The lowest BCUT2D eigenvalue weighted by molar-refractivity contribution is 0.0191. The van der Waals surface area contributed by atoms with E-state index in [0.29, 0.717) is 29.4 Å². The van der Waals surface area contributed by atoms with Crippen molar-refractivity contribution in [2.24, 2.45) is 13.0 Å². The van der Waals surface area contributed by atoms with Gasteiger partial charge in [-0.05, 0) is 44.4 Å². The normalized spacial score (nSPS) is 13.3. The highest BCUT2D eigenvalue weighted by Crippen LogP contribution is 2.20. The highest BCUT2D eigenvalue weighted by molar-refractivity contribution is 7.87. The predicted octanol–water partition coefficient (Wildman–Crippen LogP) is 3.45. The summed E-state index contributed by atoms with van der Waals surface area (Å²) in [6.45, 7) is 14.1. The molecule has 0 spiro atoms. The van der Waals surface area contributed by atoms with Gasteiger partial charge in [0.05, 0.1) is 57.7 Å². The number of hydrogen-bond donors (Lipinski definition) is 0. The maximum Gasteiger partial charge on any atom is 0.343 e. The summed E-state index contributed by atoms with van der Waals surface area (Å²) < 4.78 is 57.6. The minimum Gasteiger partial charge on any atom is -0.493 e. The van der Waals surface area contributed by atoms with Crippen LogP contribution in [0.3, 0.4) is 0 Å². The van der Waals surface area contributed by atoms with Gasteiger partial charge in [0.15, 0.2) is 16.9 Å². The van der Waals surface area contributed by atoms with Crippen LogP contribution in [0.1, 0.15) is 50.7 Å². The molecule has 0 aliphatic heterocycles. The first-order valence-corrected chi connectivity index (χ1v) is 14.5. The Labute approximate surface area is 237 Å². The van der Waals surface area contributed by atoms with Crippen LogP contribution < -0.4 is 5.43 Å². The number of aromatic nitrogens is 1. The monoisotopic (exact) mass is 585 g/mol. The van der Waals surface area contributed by atoms with Gasteiger partial charge < -0.3 is 28.3 Å². The summed E-state index contributed by atoms with van der Waals surface area (Å²) in [5, 5.41) is -0.581. The molecular weight excluding hydrogens is 542 g/mol. The zero-order valence-electron chi connectivity index (χ0n) is 24.6.